The van der Waals surface area contributed by atoms with Gasteiger partial charge in [-0.05, 0) is 183 Å². The average molecular weight is 1470 g/mol. The van der Waals surface area contributed by atoms with Gasteiger partial charge >= 0.3 is 0 Å². The van der Waals surface area contributed by atoms with Crippen LogP contribution in [0.2, 0.25) is 0 Å². The van der Waals surface area contributed by atoms with Crippen molar-refractivity contribution in [1.29, 1.82) is 0 Å². The van der Waals surface area contributed by atoms with Crippen LogP contribution >= 0.6 is 0 Å². The molecule has 0 aliphatic heterocycles. The molecule has 0 aliphatic rings. The fourth-order valence-electron chi connectivity index (χ4n) is 9.95. The molecule has 9 aromatic rings. The highest BCUT2D eigenvalue weighted by molar-refractivity contribution is 5.48. The number of hydrogen-bond acceptors (Lipinski definition) is 19. The van der Waals surface area contributed by atoms with Gasteiger partial charge < -0.3 is 56.5 Å². The number of nitrogens with zero attached hydrogens (tertiary/aromatic N) is 9. The van der Waals surface area contributed by atoms with E-state index in [1.54, 1.807) is 88.6 Å². The fourth-order valence-corrected chi connectivity index (χ4v) is 9.95. The van der Waals surface area contributed by atoms with Crippen LogP contribution < -0.4 is 23.7 Å². The number of pyridine rings is 8. The van der Waals surface area contributed by atoms with E-state index in [0.29, 0.717) is 25.0 Å². The summed E-state index contributed by atoms with van der Waals surface area (Å²) < 4.78 is 60.1. The van der Waals surface area contributed by atoms with Crippen LogP contribution in [-0.2, 0) is 76.4 Å². The van der Waals surface area contributed by atoms with E-state index in [1.807, 2.05) is 124 Å². The molecule has 0 fully saturated rings. The first-order chi connectivity index (χ1) is 51.8. The first-order valence-corrected chi connectivity index (χ1v) is 36.9. The maximum atomic E-state index is 9.64. The molecule has 0 radical (unpaired) electrons. The molecule has 9 aromatic heterocycles. The molecular formula is C84H127N9O13+2. The summed E-state index contributed by atoms with van der Waals surface area (Å²) in [5.41, 5.74) is 11.9. The Morgan fingerprint density at radius 1 is 0.368 bits per heavy atom. The Morgan fingerprint density at radius 3 is 1.42 bits per heavy atom. The van der Waals surface area contributed by atoms with E-state index in [4.69, 9.17) is 52.1 Å². The zero-order valence-electron chi connectivity index (χ0n) is 66.1. The molecule has 22 heteroatoms. The summed E-state index contributed by atoms with van der Waals surface area (Å²) >= 11 is 0. The molecular weight excluding hydrogens is 1340 g/mol. The van der Waals surface area contributed by atoms with Crippen LogP contribution in [0.5, 0.6) is 17.6 Å². The molecule has 0 amide bonds. The molecule has 22 nitrogen and oxygen atoms in total. The first kappa shape index (κ1) is 93.5. The second-order valence-electron chi connectivity index (χ2n) is 24.4. The number of fused-ring (bicyclic) bond motifs is 1. The number of hydrogen-bond donors (Lipinski definition) is 2. The quantitative estimate of drug-likeness (QED) is 0.0206. The summed E-state index contributed by atoms with van der Waals surface area (Å²) in [6, 6.07) is 43.1. The minimum Gasteiger partial charge on any atom is -0.481 e. The normalized spacial score (nSPS) is 10.3. The molecule has 0 atom stereocenters. The minimum atomic E-state index is 0.657. The number of unbranched alkanes of at least 4 members (excludes halogenated alkanes) is 5. The van der Waals surface area contributed by atoms with Crippen molar-refractivity contribution < 1.29 is 72.0 Å². The monoisotopic (exact) mass is 1470 g/mol. The van der Waals surface area contributed by atoms with Gasteiger partial charge in [-0.3, -0.25) is 20.4 Å². The second kappa shape index (κ2) is 64.8. The van der Waals surface area contributed by atoms with E-state index in [2.05, 4.69) is 83.8 Å². The van der Waals surface area contributed by atoms with E-state index in [1.165, 1.54) is 37.7 Å². The predicted molar refractivity (Wildman–Crippen MR) is 418 cm³/mol. The zero-order chi connectivity index (χ0) is 77.1. The smallest absolute Gasteiger partial charge is 0.234 e. The standard InChI is InChI=1S/C12H16N2O.C11H18NO2.C11H17NO2.C11H17NO.C10H15NO2.C10H16NO2.C10H15NO.C9H13NO2/c1-10-5-3-7-14-11(6-4-8-15-2)9-13-12(10)14;1-10-6-5-8-11(12(10)13)7-3-4-9-14-2;1-13-9-4-3-6-10-7-5-8-12-11(10)14-2;1-10-6-5-8-11(12-10)7-3-4-9-13-2;1-9-5-3-6-10(11-9)13-8-4-7-12-2;1-13-9-5-3-7-10-6-2-4-8-11(10)12;1-12-9-5-3-7-10-6-2-4-8-11-10;1-11-7-4-8-12-9-5-2-3-6-10-9/h3,5,7,9H,4,6,8H2,1-2H3;5-6,8,13H,3-4,7,9H2,1-2H3;5,7-8H,3-4,6,9H2,1-2H3;5-6,8H,3-4,7,9H2,1-2H3;3,5-6H,4,7-8H2,1-2H3;2,4,6,8,12H,3,5,7,9H2,1H3;2,4,6,8H,3,5,7,9H2,1H3;2-3,5-6H,4,7-8H2,1H3/q;+1;;;;+1;;. The minimum absolute atomic E-state index is 0.657. The topological polar surface area (TPSA) is 231 Å². The average Bonchev–Trinajstić information content (AvgIpc) is 1.66. The number of aryl methyl sites for hydroxylation is 10. The Kier molecular flexibility index (Phi) is 57.1. The van der Waals surface area contributed by atoms with Crippen LogP contribution in [0.1, 0.15) is 140 Å². The first-order valence-electron chi connectivity index (χ1n) is 36.9. The third-order valence-corrected chi connectivity index (χ3v) is 15.6. The van der Waals surface area contributed by atoms with Crippen molar-refractivity contribution >= 4 is 5.65 Å². The third-order valence-electron chi connectivity index (χ3n) is 15.6. The molecule has 584 valence electrons. The van der Waals surface area contributed by atoms with Crippen molar-refractivity contribution in [1.82, 2.24) is 34.3 Å². The number of rotatable bonds is 40. The lowest BCUT2D eigenvalue weighted by Gasteiger charge is -2.05. The van der Waals surface area contributed by atoms with Crippen molar-refractivity contribution in [3.8, 4) is 17.6 Å². The van der Waals surface area contributed by atoms with E-state index in [9.17, 15) is 10.4 Å². The summed E-state index contributed by atoms with van der Waals surface area (Å²) in [5.74, 6) is 2.11. The Bertz CT molecular complexity index is 3400. The van der Waals surface area contributed by atoms with Gasteiger partial charge in [0.25, 0.3) is 0 Å². The van der Waals surface area contributed by atoms with Crippen LogP contribution in [-0.4, -0.2) is 175 Å². The van der Waals surface area contributed by atoms with Gasteiger partial charge in [-0.1, -0.05) is 36.4 Å². The van der Waals surface area contributed by atoms with Gasteiger partial charge in [-0.25, -0.2) is 19.9 Å². The van der Waals surface area contributed by atoms with Crippen LogP contribution in [0.25, 0.3) is 5.65 Å². The molecule has 0 aliphatic carbocycles. The highest BCUT2D eigenvalue weighted by atomic mass is 16.5. The number of aromatic nitrogens is 9. The highest BCUT2D eigenvalue weighted by Crippen LogP contribution is 2.17. The van der Waals surface area contributed by atoms with Crippen LogP contribution in [0.15, 0.2) is 171 Å². The Hall–Kier alpha value is -8.58. The maximum Gasteiger partial charge on any atom is 0.234 e. The van der Waals surface area contributed by atoms with E-state index >= 15 is 0 Å². The Morgan fingerprint density at radius 2 is 0.858 bits per heavy atom. The summed E-state index contributed by atoms with van der Waals surface area (Å²) in [7, 11) is 15.4. The van der Waals surface area contributed by atoms with Gasteiger partial charge in [0.05, 0.1) is 20.3 Å². The van der Waals surface area contributed by atoms with Crippen molar-refractivity contribution in [3.63, 3.8) is 0 Å². The van der Waals surface area contributed by atoms with Gasteiger partial charge in [0.2, 0.25) is 40.9 Å². The molecule has 106 heavy (non-hydrogen) atoms. The van der Waals surface area contributed by atoms with E-state index in [0.717, 1.165) is 215 Å². The molecule has 2 N–H and O–H groups in total. The van der Waals surface area contributed by atoms with Gasteiger partial charge in [0, 0.05) is 253 Å². The molecule has 0 saturated heterocycles. The van der Waals surface area contributed by atoms with Crippen molar-refractivity contribution in [2.45, 2.75) is 150 Å². The lowest BCUT2D eigenvalue weighted by atomic mass is 10.1. The summed E-state index contributed by atoms with van der Waals surface area (Å²) in [4.78, 5) is 25.4. The molecule has 0 bridgehead atoms. The predicted octanol–water partition coefficient (Wildman–Crippen LogP) is 14.7. The molecule has 0 aromatic carbocycles. The SMILES string of the molecule is COCCCCc1cccc(C)[n+]1O.COCCCCc1cccc(C)n1.COCCCCc1cccc[n+]1O.COCCCCc1ccccn1.COCCCCc1cccnc1OC.COCCCOc1cccc(C)n1.COCCCOc1ccccn1.COCCCc1cnc2c(C)cccn12. The van der Waals surface area contributed by atoms with Crippen LogP contribution in [0, 0.1) is 27.7 Å². The number of methoxy groups -OCH3 is 9. The van der Waals surface area contributed by atoms with Crippen molar-refractivity contribution in [2.75, 3.05) is 130 Å². The summed E-state index contributed by atoms with van der Waals surface area (Å²) in [6.45, 7) is 15.6. The van der Waals surface area contributed by atoms with Crippen molar-refractivity contribution in [2.24, 2.45) is 0 Å². The lowest BCUT2D eigenvalue weighted by molar-refractivity contribution is -0.913. The third kappa shape index (κ3) is 46.4. The van der Waals surface area contributed by atoms with Gasteiger partial charge in [0.15, 0.2) is 0 Å². The van der Waals surface area contributed by atoms with Gasteiger partial charge in [0.1, 0.15) is 5.65 Å². The molecule has 0 spiro atoms. The second-order valence-corrected chi connectivity index (χ2v) is 24.4. The molecule has 0 unspecified atom stereocenters. The van der Waals surface area contributed by atoms with Crippen molar-refractivity contribution in [3.05, 3.63) is 227 Å². The lowest BCUT2D eigenvalue weighted by Crippen LogP contribution is -2.38. The molecule has 0 saturated carbocycles. The zero-order valence-corrected chi connectivity index (χ0v) is 66.1. The Labute approximate surface area is 633 Å². The summed E-state index contributed by atoms with van der Waals surface area (Å²) in [5, 5.41) is 19.0. The molecule has 9 heterocycles. The summed E-state index contributed by atoms with van der Waals surface area (Å²) in [6.07, 6.45) is 30.6. The maximum absolute atomic E-state index is 9.64. The van der Waals surface area contributed by atoms with Crippen LogP contribution in [0.4, 0.5) is 0 Å². The van der Waals surface area contributed by atoms with Crippen LogP contribution in [0.3, 0.4) is 0 Å². The fraction of sp³-hybridized carbons (Fsp3) is 0.500. The number of ether oxygens (including phenoxy) is 11. The van der Waals surface area contributed by atoms with E-state index < -0.39 is 0 Å². The van der Waals surface area contributed by atoms with Gasteiger partial charge in [-0.2, -0.15) is 0 Å². The van der Waals surface area contributed by atoms with Gasteiger partial charge in [-0.15, -0.1) is 0 Å². The van der Waals surface area contributed by atoms with E-state index in [-0.39, 0.29) is 0 Å². The highest BCUT2D eigenvalue weighted by Gasteiger charge is 2.12. The largest absolute Gasteiger partial charge is 0.481 e. The Balaban J connectivity index is 0.000000412. The number of imidazole rings is 1. The molecule has 9 rings (SSSR count).